The van der Waals surface area contributed by atoms with E-state index in [1.807, 2.05) is 54.6 Å². The van der Waals surface area contributed by atoms with E-state index in [9.17, 15) is 0 Å². The van der Waals surface area contributed by atoms with Gasteiger partial charge in [0.25, 0.3) is 0 Å². The topological polar surface area (TPSA) is 69.6 Å². The molecule has 0 fully saturated rings. The van der Waals surface area contributed by atoms with Gasteiger partial charge in [-0.05, 0) is 10.8 Å². The molecule has 1 aromatic heterocycles. The van der Waals surface area contributed by atoms with Crippen molar-refractivity contribution in [2.24, 2.45) is 5.73 Å². The first-order chi connectivity index (χ1) is 10.2. The van der Waals surface area contributed by atoms with E-state index in [-0.39, 0.29) is 0 Å². The van der Waals surface area contributed by atoms with Gasteiger partial charge in [0.1, 0.15) is 4.99 Å². The first kappa shape index (κ1) is 13.4. The summed E-state index contributed by atoms with van der Waals surface area (Å²) in [5.74, 6) is 0.621. The number of rotatable bonds is 4. The number of tetrazole rings is 1. The van der Waals surface area contributed by atoms with Crippen LogP contribution in [0.15, 0.2) is 54.6 Å². The van der Waals surface area contributed by atoms with Gasteiger partial charge < -0.3 is 5.73 Å². The molecule has 0 saturated carbocycles. The predicted molar refractivity (Wildman–Crippen MR) is 84.7 cm³/mol. The molecule has 0 aliphatic rings. The monoisotopic (exact) mass is 295 g/mol. The maximum Gasteiger partial charge on any atom is 0.204 e. The molecule has 0 aliphatic carbocycles. The summed E-state index contributed by atoms with van der Waals surface area (Å²) in [4.78, 5) is 1.96. The van der Waals surface area contributed by atoms with Crippen molar-refractivity contribution in [2.75, 3.05) is 0 Å². The predicted octanol–water partition coefficient (Wildman–Crippen LogP) is 2.02. The van der Waals surface area contributed by atoms with Gasteiger partial charge in [-0.1, -0.05) is 66.8 Å². The van der Waals surface area contributed by atoms with Crippen molar-refractivity contribution in [2.45, 2.75) is 6.54 Å². The van der Waals surface area contributed by atoms with Gasteiger partial charge in [0, 0.05) is 11.1 Å². The number of thiocarbonyl (C=S) groups is 1. The van der Waals surface area contributed by atoms with E-state index in [1.54, 1.807) is 4.80 Å². The Kier molecular flexibility index (Phi) is 3.70. The molecule has 5 nitrogen and oxygen atoms in total. The Bertz CT molecular complexity index is 749. The van der Waals surface area contributed by atoms with Crippen LogP contribution in [-0.2, 0) is 6.54 Å². The van der Waals surface area contributed by atoms with E-state index in [4.69, 9.17) is 18.0 Å². The van der Waals surface area contributed by atoms with Gasteiger partial charge in [-0.15, -0.1) is 10.2 Å². The fourth-order valence-electron chi connectivity index (χ4n) is 1.95. The average molecular weight is 295 g/mol. The van der Waals surface area contributed by atoms with Gasteiger partial charge in [-0.25, -0.2) is 0 Å². The third-order valence-electron chi connectivity index (χ3n) is 3.05. The molecule has 1 heterocycles. The Hall–Kier alpha value is -2.60. The minimum absolute atomic E-state index is 0.395. The summed E-state index contributed by atoms with van der Waals surface area (Å²) in [5.41, 5.74) is 8.44. The third-order valence-corrected chi connectivity index (χ3v) is 3.28. The molecular weight excluding hydrogens is 282 g/mol. The number of nitrogens with two attached hydrogens (primary N) is 1. The number of hydrogen-bond donors (Lipinski definition) is 1. The van der Waals surface area contributed by atoms with Crippen molar-refractivity contribution in [1.29, 1.82) is 0 Å². The highest BCUT2D eigenvalue weighted by molar-refractivity contribution is 7.80. The second-order valence-electron chi connectivity index (χ2n) is 4.57. The summed E-state index contributed by atoms with van der Waals surface area (Å²) < 4.78 is 0. The van der Waals surface area contributed by atoms with Gasteiger partial charge in [-0.3, -0.25) is 0 Å². The van der Waals surface area contributed by atoms with Gasteiger partial charge in [-0.2, -0.15) is 4.80 Å². The quantitative estimate of drug-likeness (QED) is 0.746. The van der Waals surface area contributed by atoms with E-state index < -0.39 is 0 Å². The van der Waals surface area contributed by atoms with E-state index in [1.165, 1.54) is 0 Å². The molecule has 21 heavy (non-hydrogen) atoms. The molecule has 0 amide bonds. The van der Waals surface area contributed by atoms with Crippen LogP contribution >= 0.6 is 12.2 Å². The first-order valence-corrected chi connectivity index (χ1v) is 6.85. The molecule has 0 bridgehead atoms. The lowest BCUT2D eigenvalue weighted by molar-refractivity contribution is 0.573. The molecule has 0 saturated heterocycles. The minimum atomic E-state index is 0.395. The van der Waals surface area contributed by atoms with E-state index >= 15 is 0 Å². The Morgan fingerprint density at radius 3 is 2.43 bits per heavy atom. The van der Waals surface area contributed by atoms with Crippen LogP contribution in [0, 0.1) is 0 Å². The minimum Gasteiger partial charge on any atom is -0.389 e. The zero-order valence-electron chi connectivity index (χ0n) is 11.2. The van der Waals surface area contributed by atoms with Crippen molar-refractivity contribution in [3.8, 4) is 11.4 Å². The standard InChI is InChI=1S/C15H13N5S/c16-14(21)12-8-6-11(7-9-12)10-20-18-15(17-19-20)13-4-2-1-3-5-13/h1-9H,10H2,(H2,16,21). The van der Waals surface area contributed by atoms with Crippen molar-refractivity contribution in [1.82, 2.24) is 20.2 Å². The van der Waals surface area contributed by atoms with Gasteiger partial charge in [0.2, 0.25) is 5.82 Å². The zero-order chi connectivity index (χ0) is 14.7. The lowest BCUT2D eigenvalue weighted by atomic mass is 10.1. The third kappa shape index (κ3) is 3.11. The number of benzene rings is 2. The van der Waals surface area contributed by atoms with Crippen molar-refractivity contribution >= 4 is 17.2 Å². The SMILES string of the molecule is NC(=S)c1ccc(Cn2nnc(-c3ccccc3)n2)cc1. The Morgan fingerprint density at radius 1 is 1.05 bits per heavy atom. The van der Waals surface area contributed by atoms with E-state index in [2.05, 4.69) is 15.4 Å². The van der Waals surface area contributed by atoms with Crippen molar-refractivity contribution < 1.29 is 0 Å². The molecule has 0 spiro atoms. The van der Waals surface area contributed by atoms with Crippen molar-refractivity contribution in [3.05, 3.63) is 65.7 Å². The Labute approximate surface area is 127 Å². The van der Waals surface area contributed by atoms with Crippen LogP contribution in [0.1, 0.15) is 11.1 Å². The van der Waals surface area contributed by atoms with Gasteiger partial charge >= 0.3 is 0 Å². The summed E-state index contributed by atoms with van der Waals surface area (Å²) >= 11 is 4.93. The lowest BCUT2D eigenvalue weighted by Gasteiger charge is -2.02. The summed E-state index contributed by atoms with van der Waals surface area (Å²) in [6.07, 6.45) is 0. The second kappa shape index (κ2) is 5.80. The zero-order valence-corrected chi connectivity index (χ0v) is 12.0. The van der Waals surface area contributed by atoms with E-state index in [0.29, 0.717) is 17.4 Å². The summed E-state index contributed by atoms with van der Waals surface area (Å²) in [5, 5.41) is 12.5. The van der Waals surface area contributed by atoms with Crippen LogP contribution in [0.5, 0.6) is 0 Å². The highest BCUT2D eigenvalue weighted by atomic mass is 32.1. The maximum atomic E-state index is 5.58. The average Bonchev–Trinajstić information content (AvgIpc) is 2.97. The van der Waals surface area contributed by atoms with Crippen LogP contribution < -0.4 is 5.73 Å². The molecule has 0 atom stereocenters. The Morgan fingerprint density at radius 2 is 1.76 bits per heavy atom. The van der Waals surface area contributed by atoms with Crippen LogP contribution in [0.2, 0.25) is 0 Å². The van der Waals surface area contributed by atoms with Crippen LogP contribution in [0.4, 0.5) is 0 Å². The molecule has 0 radical (unpaired) electrons. The highest BCUT2D eigenvalue weighted by Crippen LogP contribution is 2.12. The van der Waals surface area contributed by atoms with Gasteiger partial charge in [0.15, 0.2) is 0 Å². The lowest BCUT2D eigenvalue weighted by Crippen LogP contribution is -2.09. The molecule has 6 heteroatoms. The van der Waals surface area contributed by atoms with Crippen LogP contribution in [0.25, 0.3) is 11.4 Å². The van der Waals surface area contributed by atoms with Crippen molar-refractivity contribution in [3.63, 3.8) is 0 Å². The molecule has 0 aliphatic heterocycles. The number of aromatic nitrogens is 4. The summed E-state index contributed by atoms with van der Waals surface area (Å²) in [6.45, 7) is 0.553. The molecular formula is C15H13N5S. The fraction of sp³-hybridized carbons (Fsp3) is 0.0667. The number of nitrogens with zero attached hydrogens (tertiary/aromatic N) is 4. The smallest absolute Gasteiger partial charge is 0.204 e. The maximum absolute atomic E-state index is 5.58. The van der Waals surface area contributed by atoms with Crippen LogP contribution in [0.3, 0.4) is 0 Å². The van der Waals surface area contributed by atoms with Gasteiger partial charge in [0.05, 0.1) is 6.54 Å². The summed E-state index contributed by atoms with van der Waals surface area (Å²) in [7, 11) is 0. The molecule has 3 rings (SSSR count). The second-order valence-corrected chi connectivity index (χ2v) is 5.01. The normalized spacial score (nSPS) is 10.5. The summed E-state index contributed by atoms with van der Waals surface area (Å²) in [6, 6.07) is 17.5. The first-order valence-electron chi connectivity index (χ1n) is 6.44. The molecule has 2 aromatic carbocycles. The fourth-order valence-corrected chi connectivity index (χ4v) is 2.09. The highest BCUT2D eigenvalue weighted by Gasteiger charge is 2.05. The van der Waals surface area contributed by atoms with E-state index in [0.717, 1.165) is 16.7 Å². The Balaban J connectivity index is 1.77. The molecule has 2 N–H and O–H groups in total. The van der Waals surface area contributed by atoms with Crippen LogP contribution in [-0.4, -0.2) is 25.2 Å². The molecule has 3 aromatic rings. The molecule has 104 valence electrons. The number of hydrogen-bond acceptors (Lipinski definition) is 4. The molecule has 0 unspecified atom stereocenters. The largest absolute Gasteiger partial charge is 0.389 e.